The summed E-state index contributed by atoms with van der Waals surface area (Å²) in [5.41, 5.74) is 0. The van der Waals surface area contributed by atoms with E-state index in [2.05, 4.69) is 22.4 Å². The second-order valence-corrected chi connectivity index (χ2v) is 3.67. The minimum atomic E-state index is 0.310. The number of rotatable bonds is 2. The number of hydrogen-bond donors (Lipinski definition) is 1. The Balaban J connectivity index is 1.90. The van der Waals surface area contributed by atoms with Gasteiger partial charge in [0.05, 0.1) is 6.10 Å². The summed E-state index contributed by atoms with van der Waals surface area (Å²) in [5, 5.41) is 10.9. The predicted molar refractivity (Wildman–Crippen MR) is 51.1 cm³/mol. The number of hydrogen-bond acceptors (Lipinski definition) is 5. The van der Waals surface area contributed by atoms with Crippen molar-refractivity contribution in [2.75, 3.05) is 11.9 Å². The topological polar surface area (TPSA) is 60.2 Å². The molecular formula is C9H15N3O2. The van der Waals surface area contributed by atoms with Gasteiger partial charge < -0.3 is 14.5 Å². The summed E-state index contributed by atoms with van der Waals surface area (Å²) >= 11 is 0. The van der Waals surface area contributed by atoms with Crippen LogP contribution in [0, 0.1) is 6.92 Å². The molecule has 0 bridgehead atoms. The van der Waals surface area contributed by atoms with E-state index in [0.717, 1.165) is 19.4 Å². The zero-order chi connectivity index (χ0) is 9.97. The van der Waals surface area contributed by atoms with Crippen molar-refractivity contribution in [3.05, 3.63) is 5.89 Å². The lowest BCUT2D eigenvalue weighted by molar-refractivity contribution is 0.0229. The third-order valence-electron chi connectivity index (χ3n) is 2.34. The van der Waals surface area contributed by atoms with Gasteiger partial charge in [0.15, 0.2) is 0 Å². The fraction of sp³-hybridized carbons (Fsp3) is 0.778. The predicted octanol–water partition coefficient (Wildman–Crippen LogP) is 1.36. The van der Waals surface area contributed by atoms with Crippen LogP contribution < -0.4 is 5.32 Å². The van der Waals surface area contributed by atoms with E-state index in [1.807, 2.05) is 0 Å². The summed E-state index contributed by atoms with van der Waals surface area (Å²) in [6.45, 7) is 4.66. The summed E-state index contributed by atoms with van der Waals surface area (Å²) in [5.74, 6) is 0.590. The second kappa shape index (κ2) is 3.96. The molecule has 1 aliphatic rings. The number of ether oxygens (including phenoxy) is 1. The normalized spacial score (nSPS) is 27.6. The largest absolute Gasteiger partial charge is 0.408 e. The van der Waals surface area contributed by atoms with Gasteiger partial charge in [-0.2, -0.15) is 0 Å². The van der Waals surface area contributed by atoms with Gasteiger partial charge in [-0.1, -0.05) is 5.10 Å². The molecule has 5 heteroatoms. The van der Waals surface area contributed by atoms with E-state index in [9.17, 15) is 0 Å². The molecule has 1 aromatic rings. The van der Waals surface area contributed by atoms with E-state index in [1.165, 1.54) is 0 Å². The third-order valence-corrected chi connectivity index (χ3v) is 2.34. The van der Waals surface area contributed by atoms with Crippen LogP contribution in [-0.4, -0.2) is 29.0 Å². The highest BCUT2D eigenvalue weighted by atomic mass is 16.5. The van der Waals surface area contributed by atoms with E-state index >= 15 is 0 Å². The monoisotopic (exact) mass is 197 g/mol. The summed E-state index contributed by atoms with van der Waals surface area (Å²) < 4.78 is 10.7. The zero-order valence-electron chi connectivity index (χ0n) is 8.49. The molecule has 2 atom stereocenters. The van der Waals surface area contributed by atoms with E-state index in [-0.39, 0.29) is 0 Å². The number of nitrogens with one attached hydrogen (secondary N) is 1. The summed E-state index contributed by atoms with van der Waals surface area (Å²) in [4.78, 5) is 0. The quantitative estimate of drug-likeness (QED) is 0.775. The van der Waals surface area contributed by atoms with Crippen LogP contribution in [0.2, 0.25) is 0 Å². The Labute approximate surface area is 82.8 Å². The molecule has 0 aromatic carbocycles. The van der Waals surface area contributed by atoms with Crippen molar-refractivity contribution in [3.63, 3.8) is 0 Å². The van der Waals surface area contributed by atoms with Crippen molar-refractivity contribution in [3.8, 4) is 0 Å². The standard InChI is InChI=1S/C9H15N3O2/c1-6-5-8(3-4-13-6)10-9-12-11-7(2)14-9/h6,8H,3-5H2,1-2H3,(H,10,12). The van der Waals surface area contributed by atoms with Crippen LogP contribution >= 0.6 is 0 Å². The fourth-order valence-corrected chi connectivity index (χ4v) is 1.66. The van der Waals surface area contributed by atoms with Crippen LogP contribution in [0.25, 0.3) is 0 Å². The average Bonchev–Trinajstić information content (AvgIpc) is 2.51. The first-order chi connectivity index (χ1) is 6.74. The smallest absolute Gasteiger partial charge is 0.315 e. The lowest BCUT2D eigenvalue weighted by Gasteiger charge is -2.27. The summed E-state index contributed by atoms with van der Waals surface area (Å²) in [7, 11) is 0. The molecule has 0 radical (unpaired) electrons. The summed E-state index contributed by atoms with van der Waals surface area (Å²) in [6.07, 6.45) is 2.29. The zero-order valence-corrected chi connectivity index (χ0v) is 8.49. The van der Waals surface area contributed by atoms with Gasteiger partial charge in [-0.05, 0) is 19.8 Å². The van der Waals surface area contributed by atoms with E-state index in [1.54, 1.807) is 6.92 Å². The van der Waals surface area contributed by atoms with Gasteiger partial charge in [0.1, 0.15) is 0 Å². The lowest BCUT2D eigenvalue weighted by Crippen LogP contribution is -2.32. The molecule has 0 amide bonds. The van der Waals surface area contributed by atoms with Crippen LogP contribution in [-0.2, 0) is 4.74 Å². The Morgan fingerprint density at radius 1 is 1.43 bits per heavy atom. The highest BCUT2D eigenvalue weighted by Gasteiger charge is 2.20. The molecular weight excluding hydrogens is 182 g/mol. The highest BCUT2D eigenvalue weighted by molar-refractivity contribution is 5.19. The fourth-order valence-electron chi connectivity index (χ4n) is 1.66. The second-order valence-electron chi connectivity index (χ2n) is 3.67. The molecule has 1 fully saturated rings. The molecule has 2 heterocycles. The molecule has 1 N–H and O–H groups in total. The van der Waals surface area contributed by atoms with Crippen molar-refractivity contribution in [1.82, 2.24) is 10.2 Å². The molecule has 0 spiro atoms. The van der Waals surface area contributed by atoms with Crippen molar-refractivity contribution >= 4 is 6.01 Å². The average molecular weight is 197 g/mol. The Morgan fingerprint density at radius 2 is 2.29 bits per heavy atom. The van der Waals surface area contributed by atoms with Crippen LogP contribution in [0.3, 0.4) is 0 Å². The minimum absolute atomic E-state index is 0.310. The van der Waals surface area contributed by atoms with Crippen LogP contribution in [0.15, 0.2) is 4.42 Å². The van der Waals surface area contributed by atoms with Gasteiger partial charge in [0.2, 0.25) is 5.89 Å². The third kappa shape index (κ3) is 2.23. The molecule has 1 saturated heterocycles. The van der Waals surface area contributed by atoms with Crippen molar-refractivity contribution in [2.45, 2.75) is 38.8 Å². The molecule has 2 rings (SSSR count). The lowest BCUT2D eigenvalue weighted by atomic mass is 10.1. The van der Waals surface area contributed by atoms with Crippen molar-refractivity contribution in [1.29, 1.82) is 0 Å². The highest BCUT2D eigenvalue weighted by Crippen LogP contribution is 2.17. The summed E-state index contributed by atoms with van der Waals surface area (Å²) in [6, 6.07) is 0.903. The SMILES string of the molecule is Cc1nnc(NC2CCOC(C)C2)o1. The van der Waals surface area contributed by atoms with Crippen molar-refractivity contribution in [2.24, 2.45) is 0 Å². The van der Waals surface area contributed by atoms with Gasteiger partial charge in [-0.3, -0.25) is 0 Å². The Kier molecular flexibility index (Phi) is 2.67. The molecule has 2 unspecified atom stereocenters. The van der Waals surface area contributed by atoms with Crippen LogP contribution in [0.1, 0.15) is 25.7 Å². The number of nitrogens with zero attached hydrogens (tertiary/aromatic N) is 2. The number of aromatic nitrogens is 2. The van der Waals surface area contributed by atoms with E-state index in [0.29, 0.717) is 24.1 Å². The molecule has 1 aromatic heterocycles. The van der Waals surface area contributed by atoms with Gasteiger partial charge in [0, 0.05) is 19.6 Å². The first-order valence-electron chi connectivity index (χ1n) is 4.92. The maximum absolute atomic E-state index is 5.44. The first-order valence-corrected chi connectivity index (χ1v) is 4.92. The maximum atomic E-state index is 5.44. The molecule has 78 valence electrons. The number of aryl methyl sites for hydroxylation is 1. The van der Waals surface area contributed by atoms with Crippen molar-refractivity contribution < 1.29 is 9.15 Å². The molecule has 14 heavy (non-hydrogen) atoms. The number of anilines is 1. The van der Waals surface area contributed by atoms with Gasteiger partial charge >= 0.3 is 6.01 Å². The van der Waals surface area contributed by atoms with E-state index < -0.39 is 0 Å². The Hall–Kier alpha value is -1.10. The van der Waals surface area contributed by atoms with Crippen LogP contribution in [0.5, 0.6) is 0 Å². The maximum Gasteiger partial charge on any atom is 0.315 e. The van der Waals surface area contributed by atoms with E-state index in [4.69, 9.17) is 9.15 Å². The minimum Gasteiger partial charge on any atom is -0.408 e. The Bertz CT molecular complexity index is 300. The van der Waals surface area contributed by atoms with Gasteiger partial charge in [0.25, 0.3) is 0 Å². The molecule has 0 aliphatic carbocycles. The molecule has 5 nitrogen and oxygen atoms in total. The first kappa shape index (κ1) is 9.45. The van der Waals surface area contributed by atoms with Gasteiger partial charge in [-0.25, -0.2) is 0 Å². The van der Waals surface area contributed by atoms with Crippen LogP contribution in [0.4, 0.5) is 6.01 Å². The van der Waals surface area contributed by atoms with Gasteiger partial charge in [-0.15, -0.1) is 5.10 Å². The molecule has 0 saturated carbocycles. The molecule has 1 aliphatic heterocycles. The Morgan fingerprint density at radius 3 is 2.93 bits per heavy atom.